The zero-order valence-corrected chi connectivity index (χ0v) is 12.6. The third-order valence-corrected chi connectivity index (χ3v) is 7.49. The van der Waals surface area contributed by atoms with Gasteiger partial charge in [0.25, 0.3) is 10.0 Å². The molecule has 2 saturated heterocycles. The molecular formula is C13H20N2O2S2. The predicted octanol–water partition coefficient (Wildman–Crippen LogP) is 1.90. The van der Waals surface area contributed by atoms with Gasteiger partial charge in [-0.2, -0.15) is 4.31 Å². The molecule has 0 radical (unpaired) electrons. The summed E-state index contributed by atoms with van der Waals surface area (Å²) in [6.45, 7) is 3.38. The van der Waals surface area contributed by atoms with Gasteiger partial charge in [0.1, 0.15) is 4.21 Å². The molecule has 3 rings (SSSR count). The van der Waals surface area contributed by atoms with Gasteiger partial charge < -0.3 is 5.32 Å². The summed E-state index contributed by atoms with van der Waals surface area (Å²) in [7, 11) is -3.27. The van der Waals surface area contributed by atoms with Crippen LogP contribution in [0.5, 0.6) is 0 Å². The minimum Gasteiger partial charge on any atom is -0.316 e. The fraction of sp³-hybridized carbons (Fsp3) is 0.692. The second-order valence-corrected chi connectivity index (χ2v) is 8.77. The molecule has 0 saturated carbocycles. The highest BCUT2D eigenvalue weighted by Gasteiger charge is 2.40. The molecule has 1 spiro atoms. The lowest BCUT2D eigenvalue weighted by molar-refractivity contribution is 0.110. The molecule has 1 N–H and O–H groups in total. The standard InChI is InChI=1S/C13H20N2O2S2/c16-19(17,12-4-1-9-18-12)15-8-3-6-13(11-15)5-2-7-14-10-13/h1,4,9,14H,2-3,5-8,10-11H2. The van der Waals surface area contributed by atoms with E-state index in [0.29, 0.717) is 17.3 Å². The van der Waals surface area contributed by atoms with E-state index in [2.05, 4.69) is 5.32 Å². The van der Waals surface area contributed by atoms with Gasteiger partial charge in [0, 0.05) is 19.6 Å². The first-order valence-corrected chi connectivity index (χ1v) is 9.19. The predicted molar refractivity (Wildman–Crippen MR) is 76.8 cm³/mol. The number of nitrogens with one attached hydrogen (secondary N) is 1. The topological polar surface area (TPSA) is 49.4 Å². The molecule has 0 amide bonds. The molecule has 2 aliphatic rings. The Morgan fingerprint density at radius 1 is 1.32 bits per heavy atom. The van der Waals surface area contributed by atoms with Gasteiger partial charge in [0.2, 0.25) is 0 Å². The lowest BCUT2D eigenvalue weighted by Gasteiger charge is -2.44. The second kappa shape index (κ2) is 5.16. The molecule has 0 aromatic carbocycles. The minimum absolute atomic E-state index is 0.167. The van der Waals surface area contributed by atoms with Crippen molar-refractivity contribution in [2.45, 2.75) is 29.9 Å². The van der Waals surface area contributed by atoms with E-state index in [1.807, 2.05) is 5.38 Å². The zero-order valence-electron chi connectivity index (χ0n) is 11.0. The number of nitrogens with zero attached hydrogens (tertiary/aromatic N) is 1. The quantitative estimate of drug-likeness (QED) is 0.907. The number of piperidine rings is 2. The van der Waals surface area contributed by atoms with Crippen LogP contribution in [0.4, 0.5) is 0 Å². The monoisotopic (exact) mass is 300 g/mol. The van der Waals surface area contributed by atoms with Crippen molar-refractivity contribution in [3.8, 4) is 0 Å². The first kappa shape index (κ1) is 13.5. The third-order valence-electron chi connectivity index (χ3n) is 4.28. The summed E-state index contributed by atoms with van der Waals surface area (Å²) >= 11 is 1.31. The normalized spacial score (nSPS) is 29.7. The van der Waals surface area contributed by atoms with Crippen LogP contribution in [-0.4, -0.2) is 38.9 Å². The Morgan fingerprint density at radius 3 is 2.84 bits per heavy atom. The van der Waals surface area contributed by atoms with E-state index in [1.165, 1.54) is 11.3 Å². The van der Waals surface area contributed by atoms with Crippen LogP contribution >= 0.6 is 11.3 Å². The van der Waals surface area contributed by atoms with Gasteiger partial charge in [0.15, 0.2) is 0 Å². The lowest BCUT2D eigenvalue weighted by atomic mass is 9.75. The van der Waals surface area contributed by atoms with Gasteiger partial charge in [-0.1, -0.05) is 6.07 Å². The van der Waals surface area contributed by atoms with Crippen molar-refractivity contribution in [1.29, 1.82) is 0 Å². The maximum Gasteiger partial charge on any atom is 0.252 e. The van der Waals surface area contributed by atoms with Crippen LogP contribution < -0.4 is 5.32 Å². The second-order valence-electron chi connectivity index (χ2n) is 5.65. The van der Waals surface area contributed by atoms with E-state index in [1.54, 1.807) is 16.4 Å². The summed E-state index contributed by atoms with van der Waals surface area (Å²) in [6, 6.07) is 3.51. The average molecular weight is 300 g/mol. The highest BCUT2D eigenvalue weighted by molar-refractivity contribution is 7.91. The van der Waals surface area contributed by atoms with Crippen molar-refractivity contribution in [3.05, 3.63) is 17.5 Å². The van der Waals surface area contributed by atoms with Gasteiger partial charge in [0.05, 0.1) is 0 Å². The van der Waals surface area contributed by atoms with Crippen LogP contribution in [0, 0.1) is 5.41 Å². The smallest absolute Gasteiger partial charge is 0.252 e. The fourth-order valence-electron chi connectivity index (χ4n) is 3.28. The molecule has 4 nitrogen and oxygen atoms in total. The van der Waals surface area contributed by atoms with Gasteiger partial charge in [-0.05, 0) is 49.1 Å². The van der Waals surface area contributed by atoms with Crippen LogP contribution in [0.3, 0.4) is 0 Å². The largest absolute Gasteiger partial charge is 0.316 e. The lowest BCUT2D eigenvalue weighted by Crippen LogP contribution is -2.52. The molecule has 19 heavy (non-hydrogen) atoms. The Labute approximate surface area is 118 Å². The van der Waals surface area contributed by atoms with Crippen LogP contribution in [-0.2, 0) is 10.0 Å². The Hall–Kier alpha value is -0.430. The van der Waals surface area contributed by atoms with Gasteiger partial charge in [-0.15, -0.1) is 11.3 Å². The molecule has 1 aromatic heterocycles. The number of hydrogen-bond acceptors (Lipinski definition) is 4. The molecule has 2 fully saturated rings. The van der Waals surface area contributed by atoms with E-state index < -0.39 is 10.0 Å². The van der Waals surface area contributed by atoms with Gasteiger partial charge in [-0.3, -0.25) is 0 Å². The zero-order chi connectivity index (χ0) is 13.3. The van der Waals surface area contributed by atoms with Crippen molar-refractivity contribution in [2.24, 2.45) is 5.41 Å². The molecule has 1 unspecified atom stereocenters. The van der Waals surface area contributed by atoms with Gasteiger partial charge in [-0.25, -0.2) is 8.42 Å². The van der Waals surface area contributed by atoms with Crippen LogP contribution in [0.25, 0.3) is 0 Å². The summed E-state index contributed by atoms with van der Waals surface area (Å²) in [4.78, 5) is 0. The number of sulfonamides is 1. The molecule has 3 heterocycles. The summed E-state index contributed by atoms with van der Waals surface area (Å²) in [6.07, 6.45) is 4.44. The molecule has 1 atom stereocenters. The van der Waals surface area contributed by atoms with Crippen molar-refractivity contribution in [1.82, 2.24) is 9.62 Å². The Balaban J connectivity index is 1.82. The van der Waals surface area contributed by atoms with Gasteiger partial charge >= 0.3 is 0 Å². The molecule has 6 heteroatoms. The molecule has 1 aromatic rings. The van der Waals surface area contributed by atoms with E-state index in [4.69, 9.17) is 0 Å². The SMILES string of the molecule is O=S(=O)(c1cccs1)N1CCCC2(CCCNC2)C1. The third kappa shape index (κ3) is 2.59. The average Bonchev–Trinajstić information content (AvgIpc) is 2.94. The first-order chi connectivity index (χ1) is 9.12. The highest BCUT2D eigenvalue weighted by Crippen LogP contribution is 2.38. The summed E-state index contributed by atoms with van der Waals surface area (Å²) in [5.74, 6) is 0. The minimum atomic E-state index is -3.27. The van der Waals surface area contributed by atoms with Crippen molar-refractivity contribution in [2.75, 3.05) is 26.2 Å². The molecular weight excluding hydrogens is 280 g/mol. The van der Waals surface area contributed by atoms with Crippen LogP contribution in [0.1, 0.15) is 25.7 Å². The molecule has 0 bridgehead atoms. The maximum absolute atomic E-state index is 12.6. The highest BCUT2D eigenvalue weighted by atomic mass is 32.2. The molecule has 106 valence electrons. The van der Waals surface area contributed by atoms with E-state index in [0.717, 1.165) is 38.8 Å². The fourth-order valence-corrected chi connectivity index (χ4v) is 6.02. The Morgan fingerprint density at radius 2 is 2.16 bits per heavy atom. The Kier molecular flexibility index (Phi) is 3.68. The van der Waals surface area contributed by atoms with Crippen LogP contribution in [0.2, 0.25) is 0 Å². The van der Waals surface area contributed by atoms with Crippen LogP contribution in [0.15, 0.2) is 21.7 Å². The van der Waals surface area contributed by atoms with E-state index >= 15 is 0 Å². The summed E-state index contributed by atoms with van der Waals surface area (Å²) in [5.41, 5.74) is 0.167. The summed E-state index contributed by atoms with van der Waals surface area (Å²) < 4.78 is 27.4. The van der Waals surface area contributed by atoms with E-state index in [9.17, 15) is 8.42 Å². The number of rotatable bonds is 2. The molecule has 0 aliphatic carbocycles. The van der Waals surface area contributed by atoms with Crippen molar-refractivity contribution >= 4 is 21.4 Å². The molecule has 2 aliphatic heterocycles. The Bertz CT molecular complexity index is 513. The first-order valence-electron chi connectivity index (χ1n) is 6.87. The van der Waals surface area contributed by atoms with Crippen molar-refractivity contribution in [3.63, 3.8) is 0 Å². The van der Waals surface area contributed by atoms with Crippen molar-refractivity contribution < 1.29 is 8.42 Å². The maximum atomic E-state index is 12.6. The number of hydrogen-bond donors (Lipinski definition) is 1. The number of thiophene rings is 1. The summed E-state index contributed by atoms with van der Waals surface area (Å²) in [5, 5.41) is 5.26. The van der Waals surface area contributed by atoms with E-state index in [-0.39, 0.29) is 5.41 Å².